The summed E-state index contributed by atoms with van der Waals surface area (Å²) in [4.78, 5) is 26.9. The number of para-hydroxylation sites is 1. The Hall–Kier alpha value is -2.86. The molecule has 2 aromatic rings. The Morgan fingerprint density at radius 3 is 2.53 bits per heavy atom. The number of rotatable bonds is 6. The summed E-state index contributed by atoms with van der Waals surface area (Å²) in [6.07, 6.45) is 0.498. The Labute approximate surface area is 182 Å². The molecule has 7 heteroatoms. The predicted octanol–water partition coefficient (Wildman–Crippen LogP) is 4.14. The van der Waals surface area contributed by atoms with Gasteiger partial charge < -0.3 is 9.64 Å². The van der Waals surface area contributed by atoms with Gasteiger partial charge in [-0.15, -0.1) is 0 Å². The fraction of sp³-hybridized carbons (Fsp3) is 0.348. The molecule has 0 aromatic heterocycles. The van der Waals surface area contributed by atoms with E-state index >= 15 is 0 Å². The van der Waals surface area contributed by atoms with Crippen molar-refractivity contribution in [3.05, 3.63) is 64.7 Å². The summed E-state index contributed by atoms with van der Waals surface area (Å²) in [6, 6.07) is 14.7. The van der Waals surface area contributed by atoms with E-state index in [1.807, 2.05) is 56.3 Å². The number of carbonyl (C=O) groups excluding carboxylic acids is 2. The summed E-state index contributed by atoms with van der Waals surface area (Å²) in [6.45, 7) is 3.57. The van der Waals surface area contributed by atoms with E-state index in [4.69, 9.17) is 16.3 Å². The third-order valence-corrected chi connectivity index (χ3v) is 5.42. The van der Waals surface area contributed by atoms with E-state index in [1.165, 1.54) is 9.91 Å². The van der Waals surface area contributed by atoms with Crippen molar-refractivity contribution < 1.29 is 14.3 Å². The fourth-order valence-corrected chi connectivity index (χ4v) is 3.82. The molecule has 1 aliphatic rings. The van der Waals surface area contributed by atoms with Gasteiger partial charge in [0.2, 0.25) is 5.91 Å². The van der Waals surface area contributed by atoms with E-state index in [-0.39, 0.29) is 30.3 Å². The van der Waals surface area contributed by atoms with E-state index in [9.17, 15) is 9.59 Å². The van der Waals surface area contributed by atoms with Crippen molar-refractivity contribution >= 4 is 29.1 Å². The molecule has 1 aliphatic heterocycles. The molecule has 0 spiro atoms. The molecule has 6 nitrogen and oxygen atoms in total. The largest absolute Gasteiger partial charge is 0.496 e. The van der Waals surface area contributed by atoms with Crippen LogP contribution in [-0.4, -0.2) is 48.1 Å². The van der Waals surface area contributed by atoms with Gasteiger partial charge in [0.15, 0.2) is 0 Å². The molecule has 30 heavy (non-hydrogen) atoms. The lowest BCUT2D eigenvalue weighted by atomic mass is 9.97. The van der Waals surface area contributed by atoms with Crippen LogP contribution < -0.4 is 4.74 Å². The quantitative estimate of drug-likeness (QED) is 0.696. The monoisotopic (exact) mass is 427 g/mol. The van der Waals surface area contributed by atoms with E-state index in [0.717, 1.165) is 16.8 Å². The molecule has 1 atom stereocenters. The summed E-state index contributed by atoms with van der Waals surface area (Å²) in [5.41, 5.74) is 2.38. The minimum absolute atomic E-state index is 0.0536. The summed E-state index contributed by atoms with van der Waals surface area (Å²) in [5, 5.41) is 6.67. The summed E-state index contributed by atoms with van der Waals surface area (Å²) in [7, 11) is 3.23. The van der Waals surface area contributed by atoms with Gasteiger partial charge in [-0.1, -0.05) is 61.8 Å². The molecule has 0 N–H and O–H groups in total. The van der Waals surface area contributed by atoms with Gasteiger partial charge in [0.05, 0.1) is 18.9 Å². The number of likely N-dealkylation sites (N-methyl/N-ethyl adjacent to an activating group) is 1. The van der Waals surface area contributed by atoms with Gasteiger partial charge in [-0.05, 0) is 12.1 Å². The number of benzene rings is 2. The third-order valence-electron chi connectivity index (χ3n) is 5.09. The normalized spacial score (nSPS) is 15.9. The zero-order valence-electron chi connectivity index (χ0n) is 17.6. The van der Waals surface area contributed by atoms with Gasteiger partial charge in [0.25, 0.3) is 5.91 Å². The Morgan fingerprint density at radius 2 is 1.87 bits per heavy atom. The minimum Gasteiger partial charge on any atom is -0.496 e. The Balaban J connectivity index is 1.96. The lowest BCUT2D eigenvalue weighted by Crippen LogP contribution is -2.40. The lowest BCUT2D eigenvalue weighted by Gasteiger charge is -2.26. The zero-order valence-corrected chi connectivity index (χ0v) is 18.4. The van der Waals surface area contributed by atoms with Crippen molar-refractivity contribution in [1.29, 1.82) is 0 Å². The Morgan fingerprint density at radius 1 is 1.20 bits per heavy atom. The van der Waals surface area contributed by atoms with Gasteiger partial charge in [-0.2, -0.15) is 5.10 Å². The molecule has 1 unspecified atom stereocenters. The van der Waals surface area contributed by atoms with Crippen LogP contribution in [0.4, 0.5) is 0 Å². The topological polar surface area (TPSA) is 62.2 Å². The molecular formula is C23H26ClN3O3. The molecule has 0 saturated carbocycles. The highest BCUT2D eigenvalue weighted by Crippen LogP contribution is 2.38. The molecule has 0 aliphatic carbocycles. The predicted molar refractivity (Wildman–Crippen MR) is 118 cm³/mol. The van der Waals surface area contributed by atoms with Crippen molar-refractivity contribution in [2.75, 3.05) is 20.7 Å². The summed E-state index contributed by atoms with van der Waals surface area (Å²) < 4.78 is 5.52. The van der Waals surface area contributed by atoms with Crippen molar-refractivity contribution in [2.45, 2.75) is 26.3 Å². The molecule has 0 saturated heterocycles. The number of hydrogen-bond acceptors (Lipinski definition) is 4. The van der Waals surface area contributed by atoms with Crippen molar-refractivity contribution in [3.8, 4) is 5.75 Å². The SMILES string of the molecule is COc1ccccc1C1CC(c2ccccc2Cl)=NN1C(=O)CN(C)C(=O)C(C)C. The van der Waals surface area contributed by atoms with Crippen LogP contribution in [0.3, 0.4) is 0 Å². The molecular weight excluding hydrogens is 402 g/mol. The van der Waals surface area contributed by atoms with Crippen LogP contribution in [0, 0.1) is 5.92 Å². The van der Waals surface area contributed by atoms with Gasteiger partial charge in [0, 0.05) is 35.5 Å². The standard InChI is InChI=1S/C23H26ClN3O3/c1-15(2)23(29)26(3)14-22(28)27-20(17-10-6-8-12-21(17)30-4)13-19(25-27)16-9-5-7-11-18(16)24/h5-12,15,20H,13-14H2,1-4H3. The van der Waals surface area contributed by atoms with E-state index in [1.54, 1.807) is 20.2 Å². The van der Waals surface area contributed by atoms with Gasteiger partial charge in [-0.3, -0.25) is 9.59 Å². The highest BCUT2D eigenvalue weighted by molar-refractivity contribution is 6.34. The van der Waals surface area contributed by atoms with Crippen LogP contribution in [0.25, 0.3) is 0 Å². The minimum atomic E-state index is -0.345. The highest BCUT2D eigenvalue weighted by atomic mass is 35.5. The second-order valence-corrected chi connectivity index (χ2v) is 7.98. The van der Waals surface area contributed by atoms with E-state index in [0.29, 0.717) is 17.2 Å². The maximum absolute atomic E-state index is 13.2. The Bertz CT molecular complexity index is 974. The molecule has 158 valence electrons. The van der Waals surface area contributed by atoms with E-state index < -0.39 is 0 Å². The molecule has 1 heterocycles. The molecule has 2 aromatic carbocycles. The van der Waals surface area contributed by atoms with Gasteiger partial charge in [-0.25, -0.2) is 5.01 Å². The fourth-order valence-electron chi connectivity index (χ4n) is 3.58. The van der Waals surface area contributed by atoms with Crippen LogP contribution in [0.5, 0.6) is 5.75 Å². The number of nitrogens with zero attached hydrogens (tertiary/aromatic N) is 3. The van der Waals surface area contributed by atoms with Gasteiger partial charge in [0.1, 0.15) is 12.3 Å². The van der Waals surface area contributed by atoms with Crippen molar-refractivity contribution in [1.82, 2.24) is 9.91 Å². The number of halogens is 1. The molecule has 2 amide bonds. The average molecular weight is 428 g/mol. The van der Waals surface area contributed by atoms with Gasteiger partial charge >= 0.3 is 0 Å². The molecule has 3 rings (SSSR count). The number of carbonyl (C=O) groups is 2. The number of hydrogen-bond donors (Lipinski definition) is 0. The summed E-state index contributed by atoms with van der Waals surface area (Å²) >= 11 is 6.38. The van der Waals surface area contributed by atoms with Crippen LogP contribution in [0.1, 0.15) is 37.4 Å². The zero-order chi connectivity index (χ0) is 21.8. The van der Waals surface area contributed by atoms with Crippen LogP contribution in [0.2, 0.25) is 5.02 Å². The first-order valence-corrected chi connectivity index (χ1v) is 10.2. The number of hydrazone groups is 1. The smallest absolute Gasteiger partial charge is 0.262 e. The summed E-state index contributed by atoms with van der Waals surface area (Å²) in [5.74, 6) is 0.146. The number of amides is 2. The van der Waals surface area contributed by atoms with Crippen LogP contribution >= 0.6 is 11.6 Å². The van der Waals surface area contributed by atoms with Crippen molar-refractivity contribution in [3.63, 3.8) is 0 Å². The maximum Gasteiger partial charge on any atom is 0.262 e. The second kappa shape index (κ2) is 9.30. The highest BCUT2D eigenvalue weighted by Gasteiger charge is 2.36. The molecule has 0 radical (unpaired) electrons. The molecule has 0 bridgehead atoms. The van der Waals surface area contributed by atoms with Crippen LogP contribution in [0.15, 0.2) is 53.6 Å². The van der Waals surface area contributed by atoms with E-state index in [2.05, 4.69) is 5.10 Å². The first-order chi connectivity index (χ1) is 14.3. The second-order valence-electron chi connectivity index (χ2n) is 7.58. The first-order valence-electron chi connectivity index (χ1n) is 9.85. The average Bonchev–Trinajstić information content (AvgIpc) is 3.18. The van der Waals surface area contributed by atoms with Crippen molar-refractivity contribution in [2.24, 2.45) is 11.0 Å². The molecule has 0 fully saturated rings. The number of methoxy groups -OCH3 is 1. The maximum atomic E-state index is 13.2. The number of ether oxygens (including phenoxy) is 1. The Kier molecular flexibility index (Phi) is 6.77. The lowest BCUT2D eigenvalue weighted by molar-refractivity contribution is -0.142. The third kappa shape index (κ3) is 4.49. The first kappa shape index (κ1) is 21.8. The van der Waals surface area contributed by atoms with Crippen LogP contribution in [-0.2, 0) is 9.59 Å².